The second kappa shape index (κ2) is 5.59. The van der Waals surface area contributed by atoms with Gasteiger partial charge in [-0.15, -0.1) is 0 Å². The van der Waals surface area contributed by atoms with Crippen molar-refractivity contribution in [2.24, 2.45) is 14.1 Å². The first-order valence-electron chi connectivity index (χ1n) is 7.19. The minimum atomic E-state index is -3.39. The van der Waals surface area contributed by atoms with Crippen LogP contribution >= 0.6 is 0 Å². The molecule has 132 valence electrons. The van der Waals surface area contributed by atoms with E-state index >= 15 is 0 Å². The van der Waals surface area contributed by atoms with Crippen LogP contribution in [0.25, 0.3) is 22.6 Å². The molecule has 0 atom stereocenters. The van der Waals surface area contributed by atoms with Gasteiger partial charge in [-0.05, 0) is 18.2 Å². The number of nitrogens with zero attached hydrogens (tertiary/aromatic N) is 3. The van der Waals surface area contributed by atoms with Crippen molar-refractivity contribution in [3.05, 3.63) is 39.0 Å². The molecule has 25 heavy (non-hydrogen) atoms. The number of hydrogen-bond donors (Lipinski definition) is 1. The monoisotopic (exact) mass is 364 g/mol. The van der Waals surface area contributed by atoms with Crippen molar-refractivity contribution in [2.75, 3.05) is 13.4 Å². The van der Waals surface area contributed by atoms with Crippen molar-refractivity contribution in [1.82, 2.24) is 19.1 Å². The van der Waals surface area contributed by atoms with E-state index in [4.69, 9.17) is 4.74 Å². The molecule has 0 spiro atoms. The third kappa shape index (κ3) is 2.64. The molecule has 0 saturated heterocycles. The molecule has 3 rings (SSSR count). The van der Waals surface area contributed by atoms with Crippen LogP contribution in [0, 0.1) is 0 Å². The number of sulfone groups is 1. The Hall–Kier alpha value is -2.88. The topological polar surface area (TPSA) is 116 Å². The first-order chi connectivity index (χ1) is 11.6. The number of H-pyrrole nitrogens is 1. The van der Waals surface area contributed by atoms with Gasteiger partial charge in [0, 0.05) is 20.4 Å². The van der Waals surface area contributed by atoms with Crippen LogP contribution in [-0.2, 0) is 23.9 Å². The SMILES string of the molecule is COc1cc(S(C)(=O)=O)ccc1-c1nc2c([nH]1)c(=O)n(C)c(=O)n2C. The molecular formula is C15H16N4O5S. The molecule has 0 radical (unpaired) electrons. The van der Waals surface area contributed by atoms with Crippen molar-refractivity contribution < 1.29 is 13.2 Å². The number of fused-ring (bicyclic) bond motifs is 1. The van der Waals surface area contributed by atoms with Crippen molar-refractivity contribution in [2.45, 2.75) is 4.90 Å². The van der Waals surface area contributed by atoms with E-state index in [2.05, 4.69) is 9.97 Å². The van der Waals surface area contributed by atoms with E-state index in [9.17, 15) is 18.0 Å². The van der Waals surface area contributed by atoms with E-state index in [1.807, 2.05) is 0 Å². The third-order valence-corrected chi connectivity index (χ3v) is 5.06. The Labute approximate surface area is 142 Å². The summed E-state index contributed by atoms with van der Waals surface area (Å²) in [6.45, 7) is 0. The lowest BCUT2D eigenvalue weighted by molar-refractivity contribution is 0.415. The zero-order chi connectivity index (χ0) is 18.5. The van der Waals surface area contributed by atoms with Gasteiger partial charge in [-0.1, -0.05) is 0 Å². The van der Waals surface area contributed by atoms with Crippen LogP contribution < -0.4 is 16.0 Å². The lowest BCUT2D eigenvalue weighted by atomic mass is 10.2. The number of nitrogens with one attached hydrogen (secondary N) is 1. The molecule has 1 aromatic carbocycles. The summed E-state index contributed by atoms with van der Waals surface area (Å²) in [6, 6.07) is 4.35. The zero-order valence-corrected chi connectivity index (χ0v) is 14.8. The highest BCUT2D eigenvalue weighted by atomic mass is 32.2. The average Bonchev–Trinajstić information content (AvgIpc) is 3.02. The van der Waals surface area contributed by atoms with E-state index in [1.165, 1.54) is 44.0 Å². The molecule has 10 heteroatoms. The lowest BCUT2D eigenvalue weighted by Gasteiger charge is -2.08. The number of aryl methyl sites for hydroxylation is 1. The summed E-state index contributed by atoms with van der Waals surface area (Å²) in [6.07, 6.45) is 1.10. The maximum Gasteiger partial charge on any atom is 0.332 e. The van der Waals surface area contributed by atoms with Gasteiger partial charge < -0.3 is 9.72 Å². The Morgan fingerprint density at radius 3 is 2.44 bits per heavy atom. The highest BCUT2D eigenvalue weighted by Gasteiger charge is 2.18. The van der Waals surface area contributed by atoms with E-state index < -0.39 is 21.1 Å². The summed E-state index contributed by atoms with van der Waals surface area (Å²) in [7, 11) is 0.906. The Kier molecular flexibility index (Phi) is 3.79. The number of benzene rings is 1. The molecule has 0 unspecified atom stereocenters. The quantitative estimate of drug-likeness (QED) is 0.701. The Balaban J connectivity index is 2.31. The van der Waals surface area contributed by atoms with Gasteiger partial charge in [0.05, 0.1) is 17.6 Å². The van der Waals surface area contributed by atoms with Crippen molar-refractivity contribution in [3.63, 3.8) is 0 Å². The fraction of sp³-hybridized carbons (Fsp3) is 0.267. The maximum atomic E-state index is 12.3. The lowest BCUT2D eigenvalue weighted by Crippen LogP contribution is -2.36. The van der Waals surface area contributed by atoms with Gasteiger partial charge in [0.25, 0.3) is 5.56 Å². The van der Waals surface area contributed by atoms with Crippen LogP contribution in [0.3, 0.4) is 0 Å². The van der Waals surface area contributed by atoms with E-state index in [0.717, 1.165) is 10.8 Å². The van der Waals surface area contributed by atoms with Crippen LogP contribution in [0.4, 0.5) is 0 Å². The molecule has 0 aliphatic carbocycles. The molecule has 2 aromatic heterocycles. The number of rotatable bonds is 3. The number of hydrogen-bond acceptors (Lipinski definition) is 6. The van der Waals surface area contributed by atoms with Gasteiger partial charge in [0.1, 0.15) is 17.1 Å². The van der Waals surface area contributed by atoms with Gasteiger partial charge in [0.2, 0.25) is 0 Å². The Morgan fingerprint density at radius 1 is 1.16 bits per heavy atom. The molecule has 0 fully saturated rings. The second-order valence-corrected chi connectivity index (χ2v) is 7.64. The maximum absolute atomic E-state index is 12.3. The van der Waals surface area contributed by atoms with Crippen molar-refractivity contribution in [3.8, 4) is 17.1 Å². The van der Waals surface area contributed by atoms with E-state index in [-0.39, 0.29) is 21.8 Å². The molecule has 0 aliphatic rings. The molecule has 3 aromatic rings. The second-order valence-electron chi connectivity index (χ2n) is 5.62. The number of aromatic amines is 1. The van der Waals surface area contributed by atoms with Crippen molar-refractivity contribution >= 4 is 21.0 Å². The summed E-state index contributed by atoms with van der Waals surface area (Å²) >= 11 is 0. The standard InChI is InChI=1S/C15H16N4O5S/c1-18-13-11(14(20)19(2)15(18)21)16-12(17-13)9-6-5-8(25(4,22)23)7-10(9)24-3/h5-7H,1-4H3,(H,16,17). The third-order valence-electron chi connectivity index (χ3n) is 3.95. The largest absolute Gasteiger partial charge is 0.496 e. The first-order valence-corrected chi connectivity index (χ1v) is 9.08. The summed E-state index contributed by atoms with van der Waals surface area (Å²) in [5.41, 5.74) is -0.134. The van der Waals surface area contributed by atoms with Crippen LogP contribution in [0.5, 0.6) is 5.75 Å². The molecule has 2 heterocycles. The molecular weight excluding hydrogens is 348 g/mol. The minimum absolute atomic E-state index is 0.104. The minimum Gasteiger partial charge on any atom is -0.496 e. The van der Waals surface area contributed by atoms with Crippen LogP contribution in [0.2, 0.25) is 0 Å². The van der Waals surface area contributed by atoms with Gasteiger partial charge >= 0.3 is 5.69 Å². The summed E-state index contributed by atoms with van der Waals surface area (Å²) in [5, 5.41) is 0. The molecule has 0 aliphatic heterocycles. The number of aromatic nitrogens is 4. The van der Waals surface area contributed by atoms with Gasteiger partial charge in [-0.25, -0.2) is 18.2 Å². The molecule has 9 nitrogen and oxygen atoms in total. The Bertz CT molecular complexity index is 1220. The van der Waals surface area contributed by atoms with Crippen LogP contribution in [-0.4, -0.2) is 40.9 Å². The molecule has 0 amide bonds. The van der Waals surface area contributed by atoms with E-state index in [0.29, 0.717) is 11.4 Å². The average molecular weight is 364 g/mol. The van der Waals surface area contributed by atoms with Gasteiger partial charge in [0.15, 0.2) is 15.5 Å². The summed E-state index contributed by atoms with van der Waals surface area (Å²) in [4.78, 5) is 31.6. The normalized spacial score (nSPS) is 11.8. The fourth-order valence-electron chi connectivity index (χ4n) is 2.55. The molecule has 0 bridgehead atoms. The fourth-order valence-corrected chi connectivity index (χ4v) is 3.19. The van der Waals surface area contributed by atoms with Crippen LogP contribution in [0.1, 0.15) is 0 Å². The van der Waals surface area contributed by atoms with Crippen LogP contribution in [0.15, 0.2) is 32.7 Å². The molecule has 0 saturated carbocycles. The Morgan fingerprint density at radius 2 is 1.84 bits per heavy atom. The first kappa shape index (κ1) is 17.0. The van der Waals surface area contributed by atoms with Gasteiger partial charge in [-0.3, -0.25) is 13.9 Å². The summed E-state index contributed by atoms with van der Waals surface area (Å²) < 4.78 is 30.9. The zero-order valence-electron chi connectivity index (χ0n) is 14.0. The number of ether oxygens (including phenoxy) is 1. The highest BCUT2D eigenvalue weighted by molar-refractivity contribution is 7.90. The predicted molar refractivity (Wildman–Crippen MR) is 91.7 cm³/mol. The highest BCUT2D eigenvalue weighted by Crippen LogP contribution is 2.31. The molecule has 1 N–H and O–H groups in total. The van der Waals surface area contributed by atoms with E-state index in [1.54, 1.807) is 0 Å². The smallest absolute Gasteiger partial charge is 0.332 e. The van der Waals surface area contributed by atoms with Gasteiger partial charge in [-0.2, -0.15) is 0 Å². The predicted octanol–water partition coefficient (Wildman–Crippen LogP) is 0.0394. The van der Waals surface area contributed by atoms with Crippen molar-refractivity contribution in [1.29, 1.82) is 0 Å². The summed E-state index contributed by atoms with van der Waals surface area (Å²) in [5.74, 6) is 0.578. The number of methoxy groups -OCH3 is 1. The number of imidazole rings is 1.